The molecule has 304 valence electrons. The lowest BCUT2D eigenvalue weighted by Crippen LogP contribution is -2.66. The van der Waals surface area contributed by atoms with Crippen LogP contribution < -0.4 is 0 Å². The third-order valence-corrected chi connectivity index (χ3v) is 16.9. The monoisotopic (exact) mass is 781 g/mol. The van der Waals surface area contributed by atoms with E-state index in [1.807, 2.05) is 13.0 Å². The summed E-state index contributed by atoms with van der Waals surface area (Å²) >= 11 is 0. The Hall–Kier alpha value is -2.99. The number of hydrogen-bond acceptors (Lipinski definition) is 4. The first-order chi connectivity index (χ1) is 25.8. The van der Waals surface area contributed by atoms with Crippen LogP contribution in [0, 0.1) is 50.2 Å². The van der Waals surface area contributed by atoms with Crippen LogP contribution in [0.25, 0.3) is 17.7 Å². The Bertz CT molecular complexity index is 1890. The summed E-state index contributed by atoms with van der Waals surface area (Å²) in [6.45, 7) is 16.9. The molecular formula is C50H68ClNO4. The largest absolute Gasteiger partial charge is 0.481 e. The summed E-state index contributed by atoms with van der Waals surface area (Å²) in [5.74, 6) is 0.0603. The predicted molar refractivity (Wildman–Crippen MR) is 232 cm³/mol. The Morgan fingerprint density at radius 1 is 0.821 bits per heavy atom. The van der Waals surface area contributed by atoms with Crippen molar-refractivity contribution in [3.05, 3.63) is 88.5 Å². The minimum absolute atomic E-state index is 0. The Morgan fingerprint density at radius 3 is 2.00 bits per heavy atom. The lowest BCUT2D eigenvalue weighted by molar-refractivity contribution is -0.202. The van der Waals surface area contributed by atoms with E-state index in [0.717, 1.165) is 64.3 Å². The highest BCUT2D eigenvalue weighted by molar-refractivity contribution is 5.96. The van der Waals surface area contributed by atoms with E-state index in [-0.39, 0.29) is 63.2 Å². The summed E-state index contributed by atoms with van der Waals surface area (Å²) in [6, 6.07) is 17.3. The molecule has 0 aliphatic heterocycles. The number of carbonyl (C=O) groups excluding carboxylic acids is 1. The molecule has 0 spiro atoms. The van der Waals surface area contributed by atoms with Gasteiger partial charge in [0.2, 0.25) is 0 Å². The zero-order chi connectivity index (χ0) is 39.8. The first kappa shape index (κ1) is 42.6. The maximum absolute atomic E-state index is 14.2. The average Bonchev–Trinajstić information content (AvgIpc) is 3.29. The van der Waals surface area contributed by atoms with Crippen LogP contribution in [0.15, 0.2) is 66.3 Å². The summed E-state index contributed by atoms with van der Waals surface area (Å²) < 4.78 is 0. The summed E-state index contributed by atoms with van der Waals surface area (Å²) in [7, 11) is 4.24. The molecule has 0 saturated heterocycles. The van der Waals surface area contributed by atoms with Crippen LogP contribution in [0.2, 0.25) is 0 Å². The molecule has 4 fully saturated rings. The molecule has 0 radical (unpaired) electrons. The third kappa shape index (κ3) is 6.70. The minimum atomic E-state index is -0.711. The number of hydrogen-bond donors (Lipinski definition) is 2. The Morgan fingerprint density at radius 2 is 1.41 bits per heavy atom. The fraction of sp³-hybridized carbons (Fsp3) is 0.600. The van der Waals surface area contributed by atoms with Crippen LogP contribution in [0.1, 0.15) is 135 Å². The van der Waals surface area contributed by atoms with Crippen molar-refractivity contribution in [3.63, 3.8) is 0 Å². The predicted octanol–water partition coefficient (Wildman–Crippen LogP) is 11.4. The molecule has 4 saturated carbocycles. The van der Waals surface area contributed by atoms with Gasteiger partial charge >= 0.3 is 5.97 Å². The number of carboxylic acids is 1. The van der Waals surface area contributed by atoms with E-state index >= 15 is 0 Å². The van der Waals surface area contributed by atoms with Crippen molar-refractivity contribution in [2.45, 2.75) is 119 Å². The Kier molecular flexibility index (Phi) is 11.4. The lowest BCUT2D eigenvalue weighted by Gasteiger charge is -2.70. The number of carbonyl (C=O) groups is 2. The van der Waals surface area contributed by atoms with E-state index in [9.17, 15) is 19.8 Å². The number of carboxylic acid groups (broad SMARTS) is 1. The third-order valence-electron chi connectivity index (χ3n) is 16.9. The van der Waals surface area contributed by atoms with Gasteiger partial charge in [0.15, 0.2) is 5.78 Å². The number of benzene rings is 2. The number of nitrogens with zero attached hydrogens (tertiary/aromatic N) is 1. The highest BCUT2D eigenvalue weighted by Gasteiger charge is 2.70. The molecule has 2 N–H and O–H groups in total. The zero-order valence-corrected chi connectivity index (χ0v) is 36.4. The number of aliphatic hydroxyl groups excluding tert-OH is 1. The SMILES string of the molecule is CC1(C(=O)O)CCC2(C)CCC3(C)C(=CC(=O)C4C5(C)CCC(O)C(C)(C)C5CCC43C)C2C1.CN(C)CCC=C1c2ccccc2C=Cc2ccccc21.Cl. The fourth-order valence-electron chi connectivity index (χ4n) is 13.1. The van der Waals surface area contributed by atoms with Gasteiger partial charge in [0.05, 0.1) is 11.5 Å². The molecule has 9 unspecified atom stereocenters. The van der Waals surface area contributed by atoms with E-state index in [2.05, 4.69) is 127 Å². The molecule has 8 rings (SSSR count). The van der Waals surface area contributed by atoms with E-state index in [1.165, 1.54) is 33.4 Å². The molecule has 6 heteroatoms. The summed E-state index contributed by atoms with van der Waals surface area (Å²) in [5.41, 5.74) is 6.75. The van der Waals surface area contributed by atoms with Crippen LogP contribution >= 0.6 is 12.4 Å². The number of ketones is 1. The van der Waals surface area contributed by atoms with Gasteiger partial charge in [-0.2, -0.15) is 0 Å². The van der Waals surface area contributed by atoms with Crippen LogP contribution in [0.3, 0.4) is 0 Å². The van der Waals surface area contributed by atoms with Crippen LogP contribution in [0.4, 0.5) is 0 Å². The highest BCUT2D eigenvalue weighted by atomic mass is 35.5. The molecule has 0 heterocycles. The summed E-state index contributed by atoms with van der Waals surface area (Å²) in [4.78, 5) is 28.7. The van der Waals surface area contributed by atoms with E-state index in [1.54, 1.807) is 0 Å². The first-order valence-electron chi connectivity index (χ1n) is 21.2. The van der Waals surface area contributed by atoms with Gasteiger partial charge in [0, 0.05) is 12.5 Å². The van der Waals surface area contributed by atoms with Gasteiger partial charge in [0.1, 0.15) is 0 Å². The average molecular weight is 783 g/mol. The second kappa shape index (κ2) is 15.0. The second-order valence-electron chi connectivity index (χ2n) is 20.7. The normalized spacial score (nSPS) is 37.7. The molecule has 56 heavy (non-hydrogen) atoms. The van der Waals surface area contributed by atoms with Gasteiger partial charge in [-0.3, -0.25) is 9.59 Å². The number of fused-ring (bicyclic) bond motifs is 9. The maximum Gasteiger partial charge on any atom is 0.309 e. The smallest absolute Gasteiger partial charge is 0.309 e. The molecule has 0 aromatic heterocycles. The number of aliphatic carboxylic acids is 1. The summed E-state index contributed by atoms with van der Waals surface area (Å²) in [5, 5.41) is 20.9. The van der Waals surface area contributed by atoms with Crippen LogP contribution in [0.5, 0.6) is 0 Å². The van der Waals surface area contributed by atoms with Crippen molar-refractivity contribution < 1.29 is 19.8 Å². The van der Waals surface area contributed by atoms with E-state index < -0.39 is 11.4 Å². The number of halogens is 1. The van der Waals surface area contributed by atoms with Gasteiger partial charge in [-0.1, -0.05) is 114 Å². The van der Waals surface area contributed by atoms with Crippen LogP contribution in [-0.2, 0) is 9.59 Å². The van der Waals surface area contributed by atoms with Crippen molar-refractivity contribution in [1.29, 1.82) is 0 Å². The first-order valence-corrected chi connectivity index (χ1v) is 21.2. The van der Waals surface area contributed by atoms with E-state index in [4.69, 9.17) is 0 Å². The van der Waals surface area contributed by atoms with E-state index in [0.29, 0.717) is 12.3 Å². The van der Waals surface area contributed by atoms with Gasteiger partial charge in [-0.15, -0.1) is 12.4 Å². The van der Waals surface area contributed by atoms with Gasteiger partial charge in [-0.25, -0.2) is 0 Å². The minimum Gasteiger partial charge on any atom is -0.481 e. The molecule has 5 nitrogen and oxygen atoms in total. The highest BCUT2D eigenvalue weighted by Crippen LogP contribution is 2.75. The van der Waals surface area contributed by atoms with Crippen molar-refractivity contribution in [2.24, 2.45) is 50.2 Å². The summed E-state index contributed by atoms with van der Waals surface area (Å²) in [6.07, 6.45) is 17.8. The van der Waals surface area contributed by atoms with Crippen LogP contribution in [-0.4, -0.2) is 53.6 Å². The molecule has 6 aliphatic rings. The van der Waals surface area contributed by atoms with Gasteiger partial charge in [0.25, 0.3) is 0 Å². The number of allylic oxidation sites excluding steroid dienone is 2. The van der Waals surface area contributed by atoms with Gasteiger partial charge < -0.3 is 15.1 Å². The topological polar surface area (TPSA) is 77.8 Å². The Balaban J connectivity index is 0.000000208. The molecule has 2 aromatic carbocycles. The molecule has 6 aliphatic carbocycles. The fourth-order valence-corrected chi connectivity index (χ4v) is 13.1. The van der Waals surface area contributed by atoms with Crippen molar-refractivity contribution >= 4 is 41.9 Å². The zero-order valence-electron chi connectivity index (χ0n) is 35.6. The lowest BCUT2D eigenvalue weighted by atomic mass is 9.33. The second-order valence-corrected chi connectivity index (χ2v) is 20.7. The molecule has 0 amide bonds. The van der Waals surface area contributed by atoms with Crippen molar-refractivity contribution in [1.82, 2.24) is 4.90 Å². The molecule has 0 bridgehead atoms. The quantitative estimate of drug-likeness (QED) is 0.276. The molecular weight excluding hydrogens is 714 g/mol. The number of rotatable bonds is 4. The van der Waals surface area contributed by atoms with Gasteiger partial charge in [-0.05, 0) is 158 Å². The standard InChI is InChI=1S/C30H46O4.C20H21N.ClH/c1-25(2)21-8-11-30(7)23(28(21,5)10-9-22(25)32)20(31)16-18-19-17-27(4,24(33)34)13-12-26(19,3)14-15-29(18,30)6;1-21(2)15-7-12-20-18-10-5-3-8-16(18)13-14-17-9-4-6-11-19(17)20;/h16,19,21-23,32H,8-15,17H2,1-7H3,(H,33,34);3-6,8-14H,7,15H2,1-2H3;1H. The maximum atomic E-state index is 14.2. The molecule has 9 atom stereocenters. The number of aliphatic hydroxyl groups is 1. The van der Waals surface area contributed by atoms with Crippen molar-refractivity contribution in [2.75, 3.05) is 20.6 Å². The Labute approximate surface area is 343 Å². The molecule has 2 aromatic rings. The van der Waals surface area contributed by atoms with Crippen molar-refractivity contribution in [3.8, 4) is 0 Å².